The lowest BCUT2D eigenvalue weighted by atomic mass is 10.2. The first-order valence-electron chi connectivity index (χ1n) is 7.66. The van der Waals surface area contributed by atoms with Gasteiger partial charge in [0.25, 0.3) is 5.91 Å². The molecule has 0 spiro atoms. The van der Waals surface area contributed by atoms with Gasteiger partial charge in [-0.25, -0.2) is 0 Å². The number of hydrogen-bond donors (Lipinski definition) is 2. The van der Waals surface area contributed by atoms with E-state index in [0.717, 1.165) is 5.56 Å². The predicted octanol–water partition coefficient (Wildman–Crippen LogP) is 3.74. The van der Waals surface area contributed by atoms with Crippen molar-refractivity contribution in [2.24, 2.45) is 0 Å². The third kappa shape index (κ3) is 3.92. The van der Waals surface area contributed by atoms with Gasteiger partial charge >= 0.3 is 0 Å². The molecule has 0 fully saturated rings. The van der Waals surface area contributed by atoms with Crippen LogP contribution < -0.4 is 15.4 Å². The van der Waals surface area contributed by atoms with Gasteiger partial charge in [-0.05, 0) is 37.6 Å². The Morgan fingerprint density at radius 1 is 1.15 bits per heavy atom. The maximum Gasteiger partial charge on any atom is 0.277 e. The molecule has 2 heterocycles. The summed E-state index contributed by atoms with van der Waals surface area (Å²) in [5, 5.41) is 17.9. The Balaban J connectivity index is 1.74. The molecule has 0 aliphatic heterocycles. The van der Waals surface area contributed by atoms with Crippen molar-refractivity contribution in [3.63, 3.8) is 0 Å². The molecule has 0 radical (unpaired) electrons. The normalized spacial score (nSPS) is 10.5. The van der Waals surface area contributed by atoms with Gasteiger partial charge in [0.2, 0.25) is 0 Å². The number of rotatable bonds is 5. The van der Waals surface area contributed by atoms with Crippen LogP contribution in [0.15, 0.2) is 34.9 Å². The predicted molar refractivity (Wildman–Crippen MR) is 97.2 cm³/mol. The average Bonchev–Trinajstić information content (AvgIpc) is 3.03. The maximum atomic E-state index is 12.1. The van der Waals surface area contributed by atoms with Crippen LogP contribution in [-0.2, 0) is 0 Å². The number of anilines is 3. The van der Waals surface area contributed by atoms with E-state index >= 15 is 0 Å². The first-order valence-corrected chi connectivity index (χ1v) is 8.03. The lowest BCUT2D eigenvalue weighted by Gasteiger charge is -2.12. The number of carbonyl (C=O) groups is 1. The van der Waals surface area contributed by atoms with Gasteiger partial charge in [-0.1, -0.05) is 16.8 Å². The highest BCUT2D eigenvalue weighted by Gasteiger charge is 2.12. The highest BCUT2D eigenvalue weighted by molar-refractivity contribution is 6.31. The van der Waals surface area contributed by atoms with Crippen molar-refractivity contribution in [2.75, 3.05) is 17.7 Å². The summed E-state index contributed by atoms with van der Waals surface area (Å²) in [4.78, 5) is 12.1. The molecule has 0 saturated carbocycles. The number of ether oxygens (including phenoxy) is 1. The summed E-state index contributed by atoms with van der Waals surface area (Å²) in [6.45, 7) is 3.62. The van der Waals surface area contributed by atoms with Crippen molar-refractivity contribution in [3.05, 3.63) is 52.4 Å². The van der Waals surface area contributed by atoms with Crippen LogP contribution in [0.1, 0.15) is 21.8 Å². The maximum absolute atomic E-state index is 12.1. The Kier molecular flexibility index (Phi) is 5.04. The molecule has 0 saturated heterocycles. The summed E-state index contributed by atoms with van der Waals surface area (Å²) >= 11 is 6.10. The second-order valence-corrected chi connectivity index (χ2v) is 5.91. The van der Waals surface area contributed by atoms with E-state index in [9.17, 15) is 4.79 Å². The van der Waals surface area contributed by atoms with Gasteiger partial charge in [0, 0.05) is 17.2 Å². The van der Waals surface area contributed by atoms with Crippen LogP contribution in [0, 0.1) is 13.8 Å². The zero-order chi connectivity index (χ0) is 18.7. The van der Waals surface area contributed by atoms with Crippen LogP contribution in [0.4, 0.5) is 17.3 Å². The molecule has 0 unspecified atom stereocenters. The van der Waals surface area contributed by atoms with E-state index < -0.39 is 5.91 Å². The number of carbonyl (C=O) groups excluding carboxylic acids is 1. The number of benzene rings is 1. The molecule has 1 aromatic carbocycles. The highest BCUT2D eigenvalue weighted by Crippen LogP contribution is 2.32. The second kappa shape index (κ2) is 7.40. The second-order valence-electron chi connectivity index (χ2n) is 5.51. The van der Waals surface area contributed by atoms with Crippen LogP contribution >= 0.6 is 11.6 Å². The van der Waals surface area contributed by atoms with Crippen LogP contribution in [0.25, 0.3) is 0 Å². The molecule has 134 valence electrons. The molecule has 0 aliphatic carbocycles. The lowest BCUT2D eigenvalue weighted by molar-refractivity contribution is 0.102. The highest BCUT2D eigenvalue weighted by atomic mass is 35.5. The Bertz CT molecular complexity index is 940. The SMILES string of the molecule is COc1cc(Cl)c(C)cc1Nc1ccc(C(=O)Nc2cc(C)on2)nn1. The first kappa shape index (κ1) is 17.7. The molecule has 0 aliphatic rings. The molecule has 8 nitrogen and oxygen atoms in total. The summed E-state index contributed by atoms with van der Waals surface area (Å²) < 4.78 is 10.2. The Labute approximate surface area is 154 Å². The summed E-state index contributed by atoms with van der Waals surface area (Å²) in [5.74, 6) is 1.51. The fourth-order valence-corrected chi connectivity index (χ4v) is 2.35. The quantitative estimate of drug-likeness (QED) is 0.702. The summed E-state index contributed by atoms with van der Waals surface area (Å²) in [7, 11) is 1.55. The van der Waals surface area contributed by atoms with E-state index in [-0.39, 0.29) is 5.69 Å². The fraction of sp³-hybridized carbons (Fsp3) is 0.176. The van der Waals surface area contributed by atoms with Gasteiger partial charge in [0.15, 0.2) is 17.3 Å². The van der Waals surface area contributed by atoms with Crippen LogP contribution in [0.5, 0.6) is 5.75 Å². The largest absolute Gasteiger partial charge is 0.495 e. The van der Waals surface area contributed by atoms with E-state index in [1.165, 1.54) is 0 Å². The Hall–Kier alpha value is -3.13. The van der Waals surface area contributed by atoms with Crippen LogP contribution in [-0.4, -0.2) is 28.4 Å². The molecule has 2 aromatic heterocycles. The van der Waals surface area contributed by atoms with Gasteiger partial charge in [0.1, 0.15) is 11.5 Å². The minimum absolute atomic E-state index is 0.149. The average molecular weight is 374 g/mol. The number of aromatic nitrogens is 3. The topological polar surface area (TPSA) is 102 Å². The number of nitrogens with one attached hydrogen (secondary N) is 2. The molecule has 0 atom stereocenters. The number of amides is 1. The third-order valence-corrected chi connectivity index (χ3v) is 3.92. The van der Waals surface area contributed by atoms with Crippen LogP contribution in [0.2, 0.25) is 5.02 Å². The summed E-state index contributed by atoms with van der Waals surface area (Å²) in [5.41, 5.74) is 1.73. The molecular weight excluding hydrogens is 358 g/mol. The zero-order valence-corrected chi connectivity index (χ0v) is 15.1. The van der Waals surface area contributed by atoms with Gasteiger partial charge in [-0.2, -0.15) is 0 Å². The van der Waals surface area contributed by atoms with E-state index in [2.05, 4.69) is 26.0 Å². The number of halogens is 1. The number of methoxy groups -OCH3 is 1. The number of nitrogens with zero attached hydrogens (tertiary/aromatic N) is 3. The number of hydrogen-bond acceptors (Lipinski definition) is 7. The number of aryl methyl sites for hydroxylation is 2. The van der Waals surface area contributed by atoms with Gasteiger partial charge in [-0.3, -0.25) is 4.79 Å². The van der Waals surface area contributed by atoms with Crippen LogP contribution in [0.3, 0.4) is 0 Å². The molecule has 2 N–H and O–H groups in total. The molecule has 3 aromatic rings. The van der Waals surface area contributed by atoms with Crippen molar-refractivity contribution in [2.45, 2.75) is 13.8 Å². The van der Waals surface area contributed by atoms with E-state index in [1.807, 2.05) is 13.0 Å². The molecule has 26 heavy (non-hydrogen) atoms. The van der Waals surface area contributed by atoms with Crippen molar-refractivity contribution in [1.82, 2.24) is 15.4 Å². The Morgan fingerprint density at radius 3 is 2.58 bits per heavy atom. The minimum atomic E-state index is -0.433. The summed E-state index contributed by atoms with van der Waals surface area (Å²) in [6, 6.07) is 8.35. The molecule has 0 bridgehead atoms. The van der Waals surface area contributed by atoms with Gasteiger partial charge < -0.3 is 19.9 Å². The van der Waals surface area contributed by atoms with Gasteiger partial charge in [-0.15, -0.1) is 10.2 Å². The Morgan fingerprint density at radius 2 is 1.96 bits per heavy atom. The monoisotopic (exact) mass is 373 g/mol. The van der Waals surface area contributed by atoms with Gasteiger partial charge in [0.05, 0.1) is 12.8 Å². The first-order chi connectivity index (χ1) is 12.5. The summed E-state index contributed by atoms with van der Waals surface area (Å²) in [6.07, 6.45) is 0. The zero-order valence-electron chi connectivity index (χ0n) is 14.3. The smallest absolute Gasteiger partial charge is 0.277 e. The van der Waals surface area contributed by atoms with E-state index in [4.69, 9.17) is 20.9 Å². The van der Waals surface area contributed by atoms with Crippen molar-refractivity contribution in [3.8, 4) is 5.75 Å². The van der Waals surface area contributed by atoms with Crippen molar-refractivity contribution < 1.29 is 14.1 Å². The molecule has 3 rings (SSSR count). The van der Waals surface area contributed by atoms with E-state index in [0.29, 0.717) is 33.9 Å². The molecule has 1 amide bonds. The third-order valence-electron chi connectivity index (χ3n) is 3.51. The van der Waals surface area contributed by atoms with Crippen molar-refractivity contribution in [1.29, 1.82) is 0 Å². The molecule has 9 heteroatoms. The fourth-order valence-electron chi connectivity index (χ4n) is 2.19. The van der Waals surface area contributed by atoms with Crippen molar-refractivity contribution >= 4 is 34.8 Å². The molecular formula is C17H16ClN5O3. The van der Waals surface area contributed by atoms with E-state index in [1.54, 1.807) is 38.3 Å². The standard InChI is InChI=1S/C17H16ClN5O3/c1-9-6-13(14(25-3)8-11(9)18)19-15-5-4-12(21-22-15)17(24)20-16-7-10(2)26-23-16/h4-8H,1-3H3,(H,19,22)(H,20,23,24). The lowest BCUT2D eigenvalue weighted by Crippen LogP contribution is -2.14. The minimum Gasteiger partial charge on any atom is -0.495 e.